The monoisotopic (exact) mass is 448 g/mol. The van der Waals surface area contributed by atoms with Gasteiger partial charge in [-0.2, -0.15) is 0 Å². The van der Waals surface area contributed by atoms with Crippen LogP contribution in [0.25, 0.3) is 22.3 Å². The van der Waals surface area contributed by atoms with Crippen LogP contribution in [0.3, 0.4) is 0 Å². The Morgan fingerprint density at radius 3 is 3.04 bits per heavy atom. The standard InChI is InChI=1S/C19H21BrN4O2S/c1-19(2,3)26-18(25)24-6-4-5-15(24)17-23-14(10-27-17)13-9-22-16-12(13)7-11(20)8-21-16/h7-10,15H,4-6H2,1-3H3,(H,21,22)/t15-/m1/s1. The predicted octanol–water partition coefficient (Wildman–Crippen LogP) is 5.52. The average Bonchev–Trinajstić information content (AvgIpc) is 3.31. The number of thiazole rings is 1. The first kappa shape index (κ1) is 18.4. The lowest BCUT2D eigenvalue weighted by Crippen LogP contribution is -2.36. The molecule has 8 heteroatoms. The van der Waals surface area contributed by atoms with Gasteiger partial charge in [-0.15, -0.1) is 11.3 Å². The van der Waals surface area contributed by atoms with Crippen LogP contribution in [0.15, 0.2) is 28.3 Å². The van der Waals surface area contributed by atoms with E-state index in [4.69, 9.17) is 9.72 Å². The molecule has 0 spiro atoms. The number of pyridine rings is 1. The predicted molar refractivity (Wildman–Crippen MR) is 110 cm³/mol. The number of carbonyl (C=O) groups is 1. The Balaban J connectivity index is 1.62. The minimum atomic E-state index is -0.497. The Morgan fingerprint density at radius 2 is 2.26 bits per heavy atom. The molecule has 3 aromatic heterocycles. The zero-order chi connectivity index (χ0) is 19.2. The minimum absolute atomic E-state index is 0.0198. The van der Waals surface area contributed by atoms with Gasteiger partial charge in [-0.25, -0.2) is 14.8 Å². The van der Waals surface area contributed by atoms with E-state index in [1.165, 1.54) is 0 Å². The molecule has 0 unspecified atom stereocenters. The lowest BCUT2D eigenvalue weighted by Gasteiger charge is -2.27. The Morgan fingerprint density at radius 1 is 1.44 bits per heavy atom. The van der Waals surface area contributed by atoms with Gasteiger partial charge >= 0.3 is 6.09 Å². The molecule has 0 saturated carbocycles. The number of H-pyrrole nitrogens is 1. The number of aromatic nitrogens is 3. The van der Waals surface area contributed by atoms with E-state index >= 15 is 0 Å². The molecule has 142 valence electrons. The van der Waals surface area contributed by atoms with Crippen molar-refractivity contribution < 1.29 is 9.53 Å². The topological polar surface area (TPSA) is 71.1 Å². The van der Waals surface area contributed by atoms with Gasteiger partial charge in [0.1, 0.15) is 16.3 Å². The lowest BCUT2D eigenvalue weighted by atomic mass is 10.2. The van der Waals surface area contributed by atoms with Gasteiger partial charge in [0, 0.05) is 39.7 Å². The third-order valence-electron chi connectivity index (χ3n) is 4.46. The maximum absolute atomic E-state index is 12.6. The first-order valence-electron chi connectivity index (χ1n) is 8.90. The number of likely N-dealkylation sites (tertiary alicyclic amines) is 1. The van der Waals surface area contributed by atoms with E-state index in [1.807, 2.05) is 38.4 Å². The maximum atomic E-state index is 12.6. The molecule has 4 heterocycles. The van der Waals surface area contributed by atoms with E-state index in [0.29, 0.717) is 6.54 Å². The molecule has 1 aliphatic rings. The zero-order valence-electron chi connectivity index (χ0n) is 15.5. The number of hydrogen-bond donors (Lipinski definition) is 1. The van der Waals surface area contributed by atoms with Crippen molar-refractivity contribution in [2.24, 2.45) is 0 Å². The highest BCUT2D eigenvalue weighted by atomic mass is 79.9. The molecule has 6 nitrogen and oxygen atoms in total. The largest absolute Gasteiger partial charge is 0.444 e. The summed E-state index contributed by atoms with van der Waals surface area (Å²) < 4.78 is 6.50. The van der Waals surface area contributed by atoms with Gasteiger partial charge in [0.05, 0.1) is 11.7 Å². The summed E-state index contributed by atoms with van der Waals surface area (Å²) in [5, 5.41) is 4.02. The van der Waals surface area contributed by atoms with Crippen LogP contribution in [0.1, 0.15) is 44.7 Å². The van der Waals surface area contributed by atoms with E-state index in [2.05, 4.69) is 25.9 Å². The summed E-state index contributed by atoms with van der Waals surface area (Å²) in [5.74, 6) is 0. The van der Waals surface area contributed by atoms with Crippen molar-refractivity contribution in [2.75, 3.05) is 6.54 Å². The summed E-state index contributed by atoms with van der Waals surface area (Å²) in [4.78, 5) is 26.8. The molecule has 27 heavy (non-hydrogen) atoms. The molecule has 1 N–H and O–H groups in total. The molecule has 0 aromatic carbocycles. The van der Waals surface area contributed by atoms with Crippen LogP contribution in [0.2, 0.25) is 0 Å². The maximum Gasteiger partial charge on any atom is 0.410 e. The second kappa shape index (κ2) is 6.91. The van der Waals surface area contributed by atoms with Crippen LogP contribution in [0.4, 0.5) is 4.79 Å². The molecule has 3 aromatic rings. The Hall–Kier alpha value is -1.93. The van der Waals surface area contributed by atoms with Gasteiger partial charge in [-0.3, -0.25) is 4.90 Å². The number of ether oxygens (including phenoxy) is 1. The summed E-state index contributed by atoms with van der Waals surface area (Å²) >= 11 is 5.07. The molecular formula is C19H21BrN4O2S. The van der Waals surface area contributed by atoms with E-state index < -0.39 is 5.60 Å². The number of hydrogen-bond acceptors (Lipinski definition) is 5. The van der Waals surface area contributed by atoms with Crippen LogP contribution in [0, 0.1) is 0 Å². The molecule has 1 amide bonds. The molecule has 1 atom stereocenters. The fraction of sp³-hybridized carbons (Fsp3) is 0.421. The third kappa shape index (κ3) is 3.73. The summed E-state index contributed by atoms with van der Waals surface area (Å²) in [5.41, 5.74) is 2.25. The summed E-state index contributed by atoms with van der Waals surface area (Å²) in [7, 11) is 0. The summed E-state index contributed by atoms with van der Waals surface area (Å²) in [6.45, 7) is 6.38. The Kier molecular flexibility index (Phi) is 4.71. The number of halogens is 1. The van der Waals surface area contributed by atoms with Crippen molar-refractivity contribution in [3.05, 3.63) is 33.3 Å². The Bertz CT molecular complexity index is 991. The first-order valence-corrected chi connectivity index (χ1v) is 10.6. The highest BCUT2D eigenvalue weighted by Gasteiger charge is 2.35. The normalized spacial score (nSPS) is 17.6. The fourth-order valence-corrected chi connectivity index (χ4v) is 4.61. The van der Waals surface area contributed by atoms with Crippen molar-refractivity contribution in [3.8, 4) is 11.3 Å². The number of fused-ring (bicyclic) bond motifs is 1. The van der Waals surface area contributed by atoms with Gasteiger partial charge in [-0.05, 0) is 55.6 Å². The number of carbonyl (C=O) groups excluding carboxylic acids is 1. The summed E-state index contributed by atoms with van der Waals surface area (Å²) in [6, 6.07) is 2.02. The van der Waals surface area contributed by atoms with Crippen LogP contribution >= 0.6 is 27.3 Å². The van der Waals surface area contributed by atoms with Crippen molar-refractivity contribution >= 4 is 44.4 Å². The van der Waals surface area contributed by atoms with Crippen LogP contribution in [-0.4, -0.2) is 38.1 Å². The second-order valence-corrected chi connectivity index (χ2v) is 9.46. The van der Waals surface area contributed by atoms with Crippen LogP contribution < -0.4 is 0 Å². The van der Waals surface area contributed by atoms with Crippen molar-refractivity contribution in [3.63, 3.8) is 0 Å². The second-order valence-electron chi connectivity index (χ2n) is 7.65. The average molecular weight is 449 g/mol. The fourth-order valence-electron chi connectivity index (χ4n) is 3.32. The van der Waals surface area contributed by atoms with E-state index in [1.54, 1.807) is 22.4 Å². The number of aromatic amines is 1. The number of rotatable bonds is 2. The van der Waals surface area contributed by atoms with Gasteiger partial charge in [0.2, 0.25) is 0 Å². The molecule has 1 fully saturated rings. The van der Waals surface area contributed by atoms with Gasteiger partial charge in [0.25, 0.3) is 0 Å². The molecule has 4 rings (SSSR count). The number of amides is 1. The van der Waals surface area contributed by atoms with Crippen molar-refractivity contribution in [1.29, 1.82) is 0 Å². The number of nitrogens with zero attached hydrogens (tertiary/aromatic N) is 3. The third-order valence-corrected chi connectivity index (χ3v) is 5.84. The summed E-state index contributed by atoms with van der Waals surface area (Å²) in [6.07, 6.45) is 5.31. The quantitative estimate of drug-likeness (QED) is 0.559. The molecule has 1 aliphatic heterocycles. The molecule has 0 aliphatic carbocycles. The Labute approximate surface area is 170 Å². The SMILES string of the molecule is CC(C)(C)OC(=O)N1CCC[C@@H]1c1nc(-c2c[nH]c3ncc(Br)cc23)cs1. The van der Waals surface area contributed by atoms with E-state index in [9.17, 15) is 4.79 Å². The minimum Gasteiger partial charge on any atom is -0.444 e. The van der Waals surface area contributed by atoms with Crippen molar-refractivity contribution in [1.82, 2.24) is 19.9 Å². The first-order chi connectivity index (χ1) is 12.8. The van der Waals surface area contributed by atoms with Crippen LogP contribution in [0.5, 0.6) is 0 Å². The molecular weight excluding hydrogens is 428 g/mol. The lowest BCUT2D eigenvalue weighted by molar-refractivity contribution is 0.0224. The molecule has 1 saturated heterocycles. The van der Waals surface area contributed by atoms with Crippen molar-refractivity contribution in [2.45, 2.75) is 45.3 Å². The van der Waals surface area contributed by atoms with E-state index in [-0.39, 0.29) is 12.1 Å². The van der Waals surface area contributed by atoms with Crippen LogP contribution in [-0.2, 0) is 4.74 Å². The smallest absolute Gasteiger partial charge is 0.410 e. The molecule has 0 bridgehead atoms. The zero-order valence-corrected chi connectivity index (χ0v) is 17.9. The highest BCUT2D eigenvalue weighted by Crippen LogP contribution is 2.37. The highest BCUT2D eigenvalue weighted by molar-refractivity contribution is 9.10. The van der Waals surface area contributed by atoms with Gasteiger partial charge in [-0.1, -0.05) is 0 Å². The van der Waals surface area contributed by atoms with Gasteiger partial charge < -0.3 is 9.72 Å². The van der Waals surface area contributed by atoms with Gasteiger partial charge in [0.15, 0.2) is 0 Å². The number of nitrogens with one attached hydrogen (secondary N) is 1. The van der Waals surface area contributed by atoms with E-state index in [0.717, 1.165) is 44.6 Å². The molecule has 0 radical (unpaired) electrons.